The highest BCUT2D eigenvalue weighted by molar-refractivity contribution is 6.06. The monoisotopic (exact) mass is 375 g/mol. The second kappa shape index (κ2) is 8.05. The minimum atomic E-state index is -4.60. The van der Waals surface area contributed by atoms with E-state index >= 15 is 0 Å². The SMILES string of the molecule is N#C/C(=C/Nc1ccccc1C(F)(F)F)C(=O)Nc1ccc(C(=O)O)cc1. The van der Waals surface area contributed by atoms with E-state index in [4.69, 9.17) is 10.4 Å². The van der Waals surface area contributed by atoms with E-state index in [1.165, 1.54) is 36.4 Å². The van der Waals surface area contributed by atoms with Crippen LogP contribution in [0.15, 0.2) is 60.3 Å². The molecule has 2 aromatic carbocycles. The number of hydrogen-bond acceptors (Lipinski definition) is 4. The number of halogens is 3. The van der Waals surface area contributed by atoms with Crippen LogP contribution in [0.3, 0.4) is 0 Å². The fourth-order valence-corrected chi connectivity index (χ4v) is 2.05. The van der Waals surface area contributed by atoms with E-state index in [0.29, 0.717) is 0 Å². The molecule has 0 heterocycles. The van der Waals surface area contributed by atoms with Gasteiger partial charge in [-0.2, -0.15) is 18.4 Å². The molecule has 0 bridgehead atoms. The van der Waals surface area contributed by atoms with Crippen LogP contribution in [0.4, 0.5) is 24.5 Å². The number of carboxylic acid groups (broad SMARTS) is 1. The van der Waals surface area contributed by atoms with E-state index in [2.05, 4.69) is 10.6 Å². The van der Waals surface area contributed by atoms with Crippen molar-refractivity contribution in [1.29, 1.82) is 5.26 Å². The summed E-state index contributed by atoms with van der Waals surface area (Å²) < 4.78 is 38.8. The Morgan fingerprint density at radius 2 is 1.70 bits per heavy atom. The molecule has 0 aliphatic carbocycles. The first kappa shape index (κ1) is 19.5. The molecule has 0 aliphatic heterocycles. The zero-order chi connectivity index (χ0) is 20.0. The van der Waals surface area contributed by atoms with Gasteiger partial charge in [0.15, 0.2) is 0 Å². The predicted molar refractivity (Wildman–Crippen MR) is 90.8 cm³/mol. The number of benzene rings is 2. The summed E-state index contributed by atoms with van der Waals surface area (Å²) in [7, 11) is 0. The van der Waals surface area contributed by atoms with E-state index in [1.807, 2.05) is 0 Å². The molecule has 27 heavy (non-hydrogen) atoms. The molecule has 3 N–H and O–H groups in total. The van der Waals surface area contributed by atoms with Crippen molar-refractivity contribution < 1.29 is 27.9 Å². The number of alkyl halides is 3. The zero-order valence-corrected chi connectivity index (χ0v) is 13.5. The van der Waals surface area contributed by atoms with Gasteiger partial charge in [0, 0.05) is 11.9 Å². The summed E-state index contributed by atoms with van der Waals surface area (Å²) in [5.74, 6) is -2.00. The Bertz CT molecular complexity index is 929. The topological polar surface area (TPSA) is 102 Å². The fraction of sp³-hybridized carbons (Fsp3) is 0.0556. The first-order chi connectivity index (χ1) is 12.7. The third-order valence-electron chi connectivity index (χ3n) is 3.36. The molecule has 138 valence electrons. The highest BCUT2D eigenvalue weighted by Gasteiger charge is 2.33. The van der Waals surface area contributed by atoms with E-state index in [9.17, 15) is 22.8 Å². The second-order valence-corrected chi connectivity index (χ2v) is 5.19. The average molecular weight is 375 g/mol. The Balaban J connectivity index is 2.16. The van der Waals surface area contributed by atoms with Crippen LogP contribution >= 0.6 is 0 Å². The van der Waals surface area contributed by atoms with Crippen molar-refractivity contribution in [3.63, 3.8) is 0 Å². The van der Waals surface area contributed by atoms with Gasteiger partial charge >= 0.3 is 12.1 Å². The molecule has 0 saturated heterocycles. The molecule has 9 heteroatoms. The molecule has 0 saturated carbocycles. The molecule has 1 amide bonds. The maximum Gasteiger partial charge on any atom is 0.418 e. The summed E-state index contributed by atoms with van der Waals surface area (Å²) in [6.45, 7) is 0. The number of nitrogens with zero attached hydrogens (tertiary/aromatic N) is 1. The number of hydrogen-bond donors (Lipinski definition) is 3. The lowest BCUT2D eigenvalue weighted by molar-refractivity contribution is -0.136. The maximum absolute atomic E-state index is 12.9. The predicted octanol–water partition coefficient (Wildman–Crippen LogP) is 3.86. The number of carbonyl (C=O) groups is 2. The largest absolute Gasteiger partial charge is 0.478 e. The lowest BCUT2D eigenvalue weighted by atomic mass is 10.1. The maximum atomic E-state index is 12.9. The zero-order valence-electron chi connectivity index (χ0n) is 13.5. The number of anilines is 2. The summed E-state index contributed by atoms with van der Waals surface area (Å²) in [5.41, 5.74) is -1.48. The molecule has 0 spiro atoms. The first-order valence-electron chi connectivity index (χ1n) is 7.40. The number of rotatable bonds is 5. The molecule has 0 aromatic heterocycles. The summed E-state index contributed by atoms with van der Waals surface area (Å²) in [6.07, 6.45) is -3.73. The third kappa shape index (κ3) is 5.09. The molecular formula is C18H12F3N3O3. The number of nitrogens with one attached hydrogen (secondary N) is 2. The van der Waals surface area contributed by atoms with Crippen LogP contribution in [-0.2, 0) is 11.0 Å². The minimum Gasteiger partial charge on any atom is -0.478 e. The lowest BCUT2D eigenvalue weighted by Gasteiger charge is -2.12. The van der Waals surface area contributed by atoms with Crippen molar-refractivity contribution in [2.75, 3.05) is 10.6 Å². The number of carboxylic acids is 1. The van der Waals surface area contributed by atoms with Crippen molar-refractivity contribution in [3.8, 4) is 6.07 Å². The van der Waals surface area contributed by atoms with Gasteiger partial charge < -0.3 is 15.7 Å². The fourth-order valence-electron chi connectivity index (χ4n) is 2.05. The van der Waals surface area contributed by atoms with Crippen LogP contribution in [0.5, 0.6) is 0 Å². The molecule has 0 atom stereocenters. The van der Waals surface area contributed by atoms with E-state index in [1.54, 1.807) is 6.07 Å². The quantitative estimate of drug-likeness (QED) is 0.544. The molecular weight excluding hydrogens is 363 g/mol. The van der Waals surface area contributed by atoms with Gasteiger partial charge in [-0.05, 0) is 36.4 Å². The summed E-state index contributed by atoms with van der Waals surface area (Å²) >= 11 is 0. The standard InChI is InChI=1S/C18H12F3N3O3/c19-18(20,21)14-3-1-2-4-15(14)23-10-12(9-22)16(25)24-13-7-5-11(6-8-13)17(26)27/h1-8,10,23H,(H,24,25)(H,26,27)/b12-10-. The molecule has 6 nitrogen and oxygen atoms in total. The Morgan fingerprint density at radius 3 is 2.26 bits per heavy atom. The molecule has 2 rings (SSSR count). The number of carbonyl (C=O) groups excluding carboxylic acids is 1. The molecule has 0 fully saturated rings. The van der Waals surface area contributed by atoms with Gasteiger partial charge in [0.2, 0.25) is 0 Å². The van der Waals surface area contributed by atoms with Gasteiger partial charge in [-0.15, -0.1) is 0 Å². The first-order valence-corrected chi connectivity index (χ1v) is 7.40. The van der Waals surface area contributed by atoms with Crippen LogP contribution in [-0.4, -0.2) is 17.0 Å². The number of amides is 1. The van der Waals surface area contributed by atoms with Crippen molar-refractivity contribution in [1.82, 2.24) is 0 Å². The summed E-state index contributed by atoms with van der Waals surface area (Å²) in [4.78, 5) is 22.9. The second-order valence-electron chi connectivity index (χ2n) is 5.19. The molecule has 0 unspecified atom stereocenters. The Labute approximate surface area is 151 Å². The number of nitriles is 1. The van der Waals surface area contributed by atoms with Crippen LogP contribution in [0.1, 0.15) is 15.9 Å². The van der Waals surface area contributed by atoms with Crippen LogP contribution < -0.4 is 10.6 Å². The van der Waals surface area contributed by atoms with Crippen molar-refractivity contribution in [2.24, 2.45) is 0 Å². The van der Waals surface area contributed by atoms with Crippen molar-refractivity contribution >= 4 is 23.3 Å². The molecule has 0 aliphatic rings. The van der Waals surface area contributed by atoms with E-state index in [0.717, 1.165) is 18.3 Å². The van der Waals surface area contributed by atoms with E-state index < -0.39 is 29.2 Å². The van der Waals surface area contributed by atoms with Crippen molar-refractivity contribution in [2.45, 2.75) is 6.18 Å². The van der Waals surface area contributed by atoms with Gasteiger partial charge in [0.05, 0.1) is 16.8 Å². The summed E-state index contributed by atoms with van der Waals surface area (Å²) in [6, 6.07) is 11.4. The highest BCUT2D eigenvalue weighted by atomic mass is 19.4. The van der Waals surface area contributed by atoms with Crippen LogP contribution in [0.25, 0.3) is 0 Å². The van der Waals surface area contributed by atoms with E-state index in [-0.39, 0.29) is 16.9 Å². The molecule has 2 aromatic rings. The van der Waals surface area contributed by atoms with Gasteiger partial charge in [-0.1, -0.05) is 12.1 Å². The Kier molecular flexibility index (Phi) is 5.82. The van der Waals surface area contributed by atoms with Crippen LogP contribution in [0.2, 0.25) is 0 Å². The third-order valence-corrected chi connectivity index (χ3v) is 3.36. The summed E-state index contributed by atoms with van der Waals surface area (Å²) in [5, 5.41) is 22.6. The average Bonchev–Trinajstić information content (AvgIpc) is 2.62. The van der Waals surface area contributed by atoms with Gasteiger partial charge in [0.25, 0.3) is 5.91 Å². The normalized spacial score (nSPS) is 11.4. The van der Waals surface area contributed by atoms with Crippen molar-refractivity contribution in [3.05, 3.63) is 71.4 Å². The highest BCUT2D eigenvalue weighted by Crippen LogP contribution is 2.34. The van der Waals surface area contributed by atoms with Gasteiger partial charge in [0.1, 0.15) is 11.6 Å². The molecule has 0 radical (unpaired) electrons. The smallest absolute Gasteiger partial charge is 0.418 e. The van der Waals surface area contributed by atoms with Crippen LogP contribution in [0, 0.1) is 11.3 Å². The number of para-hydroxylation sites is 1. The van der Waals surface area contributed by atoms with Gasteiger partial charge in [-0.3, -0.25) is 4.79 Å². The Hall–Kier alpha value is -3.80. The lowest BCUT2D eigenvalue weighted by Crippen LogP contribution is -2.15. The minimum absolute atomic E-state index is 0.00877. The van der Waals surface area contributed by atoms with Gasteiger partial charge in [-0.25, -0.2) is 4.79 Å². The number of aromatic carboxylic acids is 1. The Morgan fingerprint density at radius 1 is 1.07 bits per heavy atom.